The molecule has 2 rings (SSSR count). The number of sulfonamides is 1. The van der Waals surface area contributed by atoms with Crippen molar-refractivity contribution in [3.63, 3.8) is 0 Å². The monoisotopic (exact) mass is 366 g/mol. The number of halogens is 1. The van der Waals surface area contributed by atoms with Crippen LogP contribution in [0.3, 0.4) is 0 Å². The Balaban J connectivity index is 2.22. The fraction of sp³-hybridized carbons (Fsp3) is 0.111. The van der Waals surface area contributed by atoms with Crippen LogP contribution in [0.4, 0.5) is 0 Å². The van der Waals surface area contributed by atoms with Crippen molar-refractivity contribution in [3.05, 3.63) is 32.8 Å². The maximum atomic E-state index is 12.0. The van der Waals surface area contributed by atoms with Gasteiger partial charge in [-0.1, -0.05) is 5.16 Å². The lowest BCUT2D eigenvalue weighted by atomic mass is 10.5. The number of rotatable bonds is 5. The minimum absolute atomic E-state index is 0.0625. The zero-order chi connectivity index (χ0) is 14.0. The van der Waals surface area contributed by atoms with Crippen LogP contribution in [0.5, 0.6) is 0 Å². The van der Waals surface area contributed by atoms with Crippen LogP contribution in [-0.2, 0) is 16.6 Å². The number of hydrogen-bond donors (Lipinski definition) is 2. The van der Waals surface area contributed by atoms with Crippen molar-refractivity contribution in [1.29, 1.82) is 0 Å². The Labute approximate surface area is 120 Å². The van der Waals surface area contributed by atoms with Gasteiger partial charge in [0.1, 0.15) is 9.77 Å². The molecule has 0 aliphatic heterocycles. The summed E-state index contributed by atoms with van der Waals surface area (Å²) in [6.45, 7) is -0.0625. The van der Waals surface area contributed by atoms with Gasteiger partial charge in [0.2, 0.25) is 10.0 Å². The quantitative estimate of drug-likeness (QED) is 0.832. The first-order chi connectivity index (χ1) is 8.90. The van der Waals surface area contributed by atoms with Crippen LogP contribution in [0.25, 0.3) is 0 Å². The van der Waals surface area contributed by atoms with Gasteiger partial charge in [0.25, 0.3) is 0 Å². The molecule has 0 fully saturated rings. The van der Waals surface area contributed by atoms with Crippen molar-refractivity contribution in [3.8, 4) is 0 Å². The van der Waals surface area contributed by atoms with E-state index in [2.05, 4.69) is 25.8 Å². The van der Waals surface area contributed by atoms with Crippen LogP contribution in [-0.4, -0.2) is 24.7 Å². The molecule has 2 aromatic rings. The van der Waals surface area contributed by atoms with E-state index < -0.39 is 16.0 Å². The highest BCUT2D eigenvalue weighted by Crippen LogP contribution is 2.31. The standard InChI is InChI=1S/C9H7BrN2O5S2/c10-8-7(3-6(18-8)9(13)14)19(15,16)12-4-5-1-2-11-17-5/h1-3,12H,4H2,(H,13,14). The predicted octanol–water partition coefficient (Wildman–Crippen LogP) is 1.68. The summed E-state index contributed by atoms with van der Waals surface area (Å²) in [6, 6.07) is 2.62. The number of hydrogen-bond acceptors (Lipinski definition) is 6. The molecule has 2 N–H and O–H groups in total. The van der Waals surface area contributed by atoms with Gasteiger partial charge in [-0.3, -0.25) is 0 Å². The van der Waals surface area contributed by atoms with Crippen molar-refractivity contribution in [1.82, 2.24) is 9.88 Å². The van der Waals surface area contributed by atoms with Gasteiger partial charge < -0.3 is 9.63 Å². The SMILES string of the molecule is O=C(O)c1cc(S(=O)(=O)NCc2ccno2)c(Br)s1. The molecular formula is C9H7BrN2O5S2. The predicted molar refractivity (Wildman–Crippen MR) is 69.5 cm³/mol. The molecule has 0 spiro atoms. The number of aromatic carboxylic acids is 1. The molecule has 0 atom stereocenters. The number of nitrogens with one attached hydrogen (secondary N) is 1. The summed E-state index contributed by atoms with van der Waals surface area (Å²) in [4.78, 5) is 10.6. The number of thiophene rings is 1. The zero-order valence-corrected chi connectivity index (χ0v) is 12.4. The van der Waals surface area contributed by atoms with Crippen molar-refractivity contribution in [2.75, 3.05) is 0 Å². The van der Waals surface area contributed by atoms with Crippen LogP contribution in [0.2, 0.25) is 0 Å². The first-order valence-electron chi connectivity index (χ1n) is 4.82. The lowest BCUT2D eigenvalue weighted by molar-refractivity contribution is 0.0702. The van der Waals surface area contributed by atoms with Crippen molar-refractivity contribution >= 4 is 43.3 Å². The van der Waals surface area contributed by atoms with E-state index in [1.807, 2.05) is 0 Å². The number of carboxylic acid groups (broad SMARTS) is 1. The maximum absolute atomic E-state index is 12.0. The maximum Gasteiger partial charge on any atom is 0.345 e. The van der Waals surface area contributed by atoms with E-state index in [0.717, 1.165) is 17.4 Å². The molecule has 0 aliphatic carbocycles. The van der Waals surface area contributed by atoms with Crippen LogP contribution >= 0.6 is 27.3 Å². The third kappa shape index (κ3) is 3.21. The lowest BCUT2D eigenvalue weighted by Gasteiger charge is -2.02. The minimum atomic E-state index is -3.82. The molecule has 10 heteroatoms. The van der Waals surface area contributed by atoms with E-state index in [-0.39, 0.29) is 20.1 Å². The lowest BCUT2D eigenvalue weighted by Crippen LogP contribution is -2.22. The van der Waals surface area contributed by atoms with Gasteiger partial charge in [-0.15, -0.1) is 11.3 Å². The van der Waals surface area contributed by atoms with E-state index in [9.17, 15) is 13.2 Å². The fourth-order valence-electron chi connectivity index (χ4n) is 1.22. The molecule has 0 aliphatic rings. The molecule has 0 amide bonds. The second-order valence-electron chi connectivity index (χ2n) is 3.36. The highest BCUT2D eigenvalue weighted by atomic mass is 79.9. The third-order valence-corrected chi connectivity index (χ3v) is 5.72. The average molecular weight is 367 g/mol. The number of carbonyl (C=O) groups is 1. The largest absolute Gasteiger partial charge is 0.477 e. The minimum Gasteiger partial charge on any atom is -0.477 e. The highest BCUT2D eigenvalue weighted by molar-refractivity contribution is 9.11. The summed E-state index contributed by atoms with van der Waals surface area (Å²) >= 11 is 3.88. The van der Waals surface area contributed by atoms with E-state index in [0.29, 0.717) is 5.76 Å². The van der Waals surface area contributed by atoms with Crippen LogP contribution in [0.15, 0.2) is 31.5 Å². The molecule has 0 radical (unpaired) electrons. The van der Waals surface area contributed by atoms with Gasteiger partial charge in [0.15, 0.2) is 5.76 Å². The molecule has 0 bridgehead atoms. The molecule has 0 aromatic carbocycles. The zero-order valence-electron chi connectivity index (χ0n) is 9.16. The topological polar surface area (TPSA) is 110 Å². The number of carboxylic acids is 1. The molecule has 2 heterocycles. The third-order valence-electron chi connectivity index (χ3n) is 2.08. The Hall–Kier alpha value is -1.23. The van der Waals surface area contributed by atoms with Crippen molar-refractivity contribution in [2.24, 2.45) is 0 Å². The Morgan fingerprint density at radius 1 is 1.58 bits per heavy atom. The highest BCUT2D eigenvalue weighted by Gasteiger charge is 2.23. The normalized spacial score (nSPS) is 11.6. The van der Waals surface area contributed by atoms with E-state index >= 15 is 0 Å². The summed E-state index contributed by atoms with van der Waals surface area (Å²) in [6.07, 6.45) is 1.40. The van der Waals surface area contributed by atoms with Gasteiger partial charge in [-0.05, 0) is 22.0 Å². The van der Waals surface area contributed by atoms with E-state index in [1.165, 1.54) is 12.3 Å². The first-order valence-corrected chi connectivity index (χ1v) is 7.91. The van der Waals surface area contributed by atoms with Crippen molar-refractivity contribution in [2.45, 2.75) is 11.4 Å². The second-order valence-corrected chi connectivity index (χ2v) is 7.46. The molecular weight excluding hydrogens is 360 g/mol. The summed E-state index contributed by atoms with van der Waals surface area (Å²) < 4.78 is 31.3. The fourth-order valence-corrected chi connectivity index (χ4v) is 4.61. The van der Waals surface area contributed by atoms with Crippen LogP contribution in [0, 0.1) is 0 Å². The van der Waals surface area contributed by atoms with Gasteiger partial charge in [0.05, 0.1) is 16.5 Å². The van der Waals surface area contributed by atoms with Crippen molar-refractivity contribution < 1.29 is 22.8 Å². The Kier molecular flexibility index (Phi) is 4.04. The summed E-state index contributed by atoms with van der Waals surface area (Å²) in [7, 11) is -3.82. The molecule has 0 unspecified atom stereocenters. The number of aromatic nitrogens is 1. The molecule has 0 saturated carbocycles. The van der Waals surface area contributed by atoms with Gasteiger partial charge >= 0.3 is 5.97 Å². The van der Waals surface area contributed by atoms with E-state index in [4.69, 9.17) is 9.63 Å². The average Bonchev–Trinajstić information content (AvgIpc) is 2.95. The molecule has 19 heavy (non-hydrogen) atoms. The first kappa shape index (κ1) is 14.2. The van der Waals surface area contributed by atoms with Crippen LogP contribution in [0.1, 0.15) is 15.4 Å². The Morgan fingerprint density at radius 2 is 2.32 bits per heavy atom. The molecule has 0 saturated heterocycles. The molecule has 2 aromatic heterocycles. The summed E-state index contributed by atoms with van der Waals surface area (Å²) in [5.41, 5.74) is 0. The smallest absolute Gasteiger partial charge is 0.345 e. The van der Waals surface area contributed by atoms with Gasteiger partial charge in [0, 0.05) is 6.07 Å². The second kappa shape index (κ2) is 5.41. The summed E-state index contributed by atoms with van der Waals surface area (Å²) in [5.74, 6) is -0.823. The summed E-state index contributed by atoms with van der Waals surface area (Å²) in [5, 5.41) is 12.3. The number of nitrogens with zero attached hydrogens (tertiary/aromatic N) is 1. The Morgan fingerprint density at radius 3 is 2.84 bits per heavy atom. The molecule has 7 nitrogen and oxygen atoms in total. The van der Waals surface area contributed by atoms with Gasteiger partial charge in [-0.2, -0.15) is 0 Å². The molecule has 102 valence electrons. The van der Waals surface area contributed by atoms with Gasteiger partial charge in [-0.25, -0.2) is 17.9 Å². The van der Waals surface area contributed by atoms with E-state index in [1.54, 1.807) is 0 Å². The Bertz CT molecular complexity index is 692. The van der Waals surface area contributed by atoms with Crippen LogP contribution < -0.4 is 4.72 Å².